The lowest BCUT2D eigenvalue weighted by molar-refractivity contribution is -0.119. The average molecular weight is 473 g/mol. The van der Waals surface area contributed by atoms with Crippen LogP contribution < -0.4 is 14.4 Å². The molecule has 1 amide bonds. The van der Waals surface area contributed by atoms with Crippen molar-refractivity contribution in [2.75, 3.05) is 38.0 Å². The Labute approximate surface area is 196 Å². The van der Waals surface area contributed by atoms with E-state index in [1.54, 1.807) is 26.0 Å². The highest BCUT2D eigenvalue weighted by molar-refractivity contribution is 7.99. The molecule has 0 N–H and O–H groups in total. The summed E-state index contributed by atoms with van der Waals surface area (Å²) in [6.07, 6.45) is 3.39. The van der Waals surface area contributed by atoms with Gasteiger partial charge in [-0.2, -0.15) is 0 Å². The Kier molecular flexibility index (Phi) is 7.89. The number of anilines is 1. The molecule has 170 valence electrons. The largest absolute Gasteiger partial charge is 0.497 e. The minimum absolute atomic E-state index is 0.0779. The Morgan fingerprint density at radius 2 is 1.97 bits per heavy atom. The average Bonchev–Trinajstić information content (AvgIpc) is 3.49. The summed E-state index contributed by atoms with van der Waals surface area (Å²) in [6.45, 7) is 1.32. The quantitative estimate of drug-likeness (QED) is 0.291. The number of nitrogens with zero attached hydrogens (tertiary/aromatic N) is 2. The van der Waals surface area contributed by atoms with Gasteiger partial charge in [0.1, 0.15) is 11.5 Å². The molecule has 32 heavy (non-hydrogen) atoms. The number of fused-ring (bicyclic) bond motifs is 1. The zero-order chi connectivity index (χ0) is 22.3. The molecule has 1 fully saturated rings. The van der Waals surface area contributed by atoms with Gasteiger partial charge in [0.15, 0.2) is 5.13 Å². The molecule has 1 aliphatic rings. The fourth-order valence-electron chi connectivity index (χ4n) is 3.63. The van der Waals surface area contributed by atoms with E-state index in [2.05, 4.69) is 0 Å². The van der Waals surface area contributed by atoms with E-state index in [0.717, 1.165) is 58.5 Å². The first kappa shape index (κ1) is 22.9. The number of rotatable bonds is 10. The minimum Gasteiger partial charge on any atom is -0.497 e. The van der Waals surface area contributed by atoms with E-state index in [1.807, 2.05) is 47.4 Å². The Hall–Kier alpha value is -2.29. The number of carbonyl (C=O) groups excluding carboxylic acids is 1. The molecule has 0 saturated carbocycles. The number of hydrogen-bond acceptors (Lipinski definition) is 7. The Bertz CT molecular complexity index is 1030. The predicted octanol–water partition coefficient (Wildman–Crippen LogP) is 5.40. The summed E-state index contributed by atoms with van der Waals surface area (Å²) in [5.41, 5.74) is 0.881. The molecule has 0 spiro atoms. The second-order valence-electron chi connectivity index (χ2n) is 7.60. The van der Waals surface area contributed by atoms with Gasteiger partial charge in [0.2, 0.25) is 5.91 Å². The van der Waals surface area contributed by atoms with Crippen LogP contribution in [-0.2, 0) is 9.53 Å². The molecule has 2 heterocycles. The SMILES string of the molecule is COc1ccc(SCCCC(=O)N(CC2CCCO2)c2nc3ccc(OC)cc3s2)cc1. The molecule has 6 nitrogen and oxygen atoms in total. The molecule has 3 aromatic rings. The van der Waals surface area contributed by atoms with Crippen LogP contribution in [0.2, 0.25) is 0 Å². The number of hydrogen-bond donors (Lipinski definition) is 0. The van der Waals surface area contributed by atoms with Crippen LogP contribution in [0.3, 0.4) is 0 Å². The lowest BCUT2D eigenvalue weighted by atomic mass is 10.2. The van der Waals surface area contributed by atoms with Crippen molar-refractivity contribution < 1.29 is 19.0 Å². The number of ether oxygens (including phenoxy) is 3. The topological polar surface area (TPSA) is 60.9 Å². The van der Waals surface area contributed by atoms with Crippen molar-refractivity contribution in [3.8, 4) is 11.5 Å². The van der Waals surface area contributed by atoms with Gasteiger partial charge in [0, 0.05) is 17.9 Å². The summed E-state index contributed by atoms with van der Waals surface area (Å²) in [7, 11) is 3.32. The van der Waals surface area contributed by atoms with E-state index in [1.165, 1.54) is 16.2 Å². The number of thioether (sulfide) groups is 1. The monoisotopic (exact) mass is 472 g/mol. The van der Waals surface area contributed by atoms with Crippen LogP contribution in [0.5, 0.6) is 11.5 Å². The summed E-state index contributed by atoms with van der Waals surface area (Å²) in [6, 6.07) is 13.8. The maximum absolute atomic E-state index is 13.2. The molecule has 1 aliphatic heterocycles. The third kappa shape index (κ3) is 5.74. The van der Waals surface area contributed by atoms with Gasteiger partial charge in [-0.05, 0) is 67.5 Å². The van der Waals surface area contributed by atoms with Crippen LogP contribution >= 0.6 is 23.1 Å². The number of carbonyl (C=O) groups is 1. The molecule has 0 aliphatic carbocycles. The van der Waals surface area contributed by atoms with Gasteiger partial charge in [-0.15, -0.1) is 11.8 Å². The lowest BCUT2D eigenvalue weighted by Gasteiger charge is -2.23. The Morgan fingerprint density at radius 1 is 1.19 bits per heavy atom. The van der Waals surface area contributed by atoms with Gasteiger partial charge in [-0.3, -0.25) is 9.69 Å². The first-order chi connectivity index (χ1) is 15.7. The number of aromatic nitrogens is 1. The van der Waals surface area contributed by atoms with Crippen LogP contribution in [0.4, 0.5) is 5.13 Å². The molecular formula is C24H28N2O4S2. The molecule has 2 aromatic carbocycles. The van der Waals surface area contributed by atoms with Gasteiger partial charge < -0.3 is 14.2 Å². The van der Waals surface area contributed by atoms with Crippen molar-refractivity contribution in [1.82, 2.24) is 4.98 Å². The number of thiazole rings is 1. The molecular weight excluding hydrogens is 444 g/mol. The highest BCUT2D eigenvalue weighted by Crippen LogP contribution is 2.33. The maximum atomic E-state index is 13.2. The zero-order valence-electron chi connectivity index (χ0n) is 18.4. The maximum Gasteiger partial charge on any atom is 0.228 e. The highest BCUT2D eigenvalue weighted by Gasteiger charge is 2.26. The second-order valence-corrected chi connectivity index (χ2v) is 9.77. The lowest BCUT2D eigenvalue weighted by Crippen LogP contribution is -2.37. The third-order valence-electron chi connectivity index (χ3n) is 5.39. The van der Waals surface area contributed by atoms with Crippen LogP contribution in [0.15, 0.2) is 47.4 Å². The van der Waals surface area contributed by atoms with Gasteiger partial charge in [0.25, 0.3) is 0 Å². The van der Waals surface area contributed by atoms with Gasteiger partial charge >= 0.3 is 0 Å². The summed E-state index contributed by atoms with van der Waals surface area (Å²) in [4.78, 5) is 21.0. The van der Waals surface area contributed by atoms with Crippen LogP contribution in [0.25, 0.3) is 10.2 Å². The fourth-order valence-corrected chi connectivity index (χ4v) is 5.51. The summed E-state index contributed by atoms with van der Waals surface area (Å²) in [5, 5.41) is 0.733. The normalized spacial score (nSPS) is 15.8. The van der Waals surface area contributed by atoms with Crippen molar-refractivity contribution in [3.63, 3.8) is 0 Å². The highest BCUT2D eigenvalue weighted by atomic mass is 32.2. The van der Waals surface area contributed by atoms with Gasteiger partial charge in [-0.1, -0.05) is 11.3 Å². The Balaban J connectivity index is 1.40. The van der Waals surface area contributed by atoms with E-state index in [4.69, 9.17) is 19.2 Å². The molecule has 8 heteroatoms. The summed E-state index contributed by atoms with van der Waals surface area (Å²) < 4.78 is 17.4. The van der Waals surface area contributed by atoms with Crippen LogP contribution in [0, 0.1) is 0 Å². The van der Waals surface area contributed by atoms with E-state index in [9.17, 15) is 4.79 Å². The minimum atomic E-state index is 0.0779. The van der Waals surface area contributed by atoms with Gasteiger partial charge in [-0.25, -0.2) is 4.98 Å². The van der Waals surface area contributed by atoms with Gasteiger partial charge in [0.05, 0.1) is 37.1 Å². The smallest absolute Gasteiger partial charge is 0.228 e. The summed E-state index contributed by atoms with van der Waals surface area (Å²) in [5.74, 6) is 2.62. The molecule has 1 aromatic heterocycles. The first-order valence-corrected chi connectivity index (χ1v) is 12.6. The number of benzene rings is 2. The van der Waals surface area contributed by atoms with Crippen LogP contribution in [0.1, 0.15) is 25.7 Å². The van der Waals surface area contributed by atoms with E-state index >= 15 is 0 Å². The van der Waals surface area contributed by atoms with E-state index in [0.29, 0.717) is 13.0 Å². The van der Waals surface area contributed by atoms with Crippen molar-refractivity contribution in [1.29, 1.82) is 0 Å². The predicted molar refractivity (Wildman–Crippen MR) is 130 cm³/mol. The molecule has 4 rings (SSSR count). The van der Waals surface area contributed by atoms with Crippen molar-refractivity contribution in [3.05, 3.63) is 42.5 Å². The standard InChI is InChI=1S/C24H28N2O4S2/c1-28-17-7-10-20(11-8-17)31-14-4-6-23(27)26(16-19-5-3-13-30-19)24-25-21-12-9-18(29-2)15-22(21)32-24/h7-12,15,19H,3-6,13-14,16H2,1-2H3. The molecule has 0 bridgehead atoms. The first-order valence-electron chi connectivity index (χ1n) is 10.8. The third-order valence-corrected chi connectivity index (χ3v) is 7.53. The molecule has 1 unspecified atom stereocenters. The van der Waals surface area contributed by atoms with E-state index in [-0.39, 0.29) is 12.0 Å². The van der Waals surface area contributed by atoms with Crippen molar-refractivity contribution in [2.24, 2.45) is 0 Å². The number of methoxy groups -OCH3 is 2. The van der Waals surface area contributed by atoms with Crippen molar-refractivity contribution >= 4 is 44.4 Å². The molecule has 1 atom stereocenters. The van der Waals surface area contributed by atoms with Crippen molar-refractivity contribution in [2.45, 2.75) is 36.7 Å². The van der Waals surface area contributed by atoms with Crippen LogP contribution in [-0.4, -0.2) is 50.1 Å². The number of amides is 1. The Morgan fingerprint density at radius 3 is 2.69 bits per heavy atom. The molecule has 1 saturated heterocycles. The molecule has 0 radical (unpaired) electrons. The zero-order valence-corrected chi connectivity index (χ0v) is 20.0. The van der Waals surface area contributed by atoms with E-state index < -0.39 is 0 Å². The second kappa shape index (κ2) is 11.0. The summed E-state index contributed by atoms with van der Waals surface area (Å²) >= 11 is 3.28. The fraction of sp³-hybridized carbons (Fsp3) is 0.417.